The summed E-state index contributed by atoms with van der Waals surface area (Å²) in [5, 5.41) is 12.4. The van der Waals surface area contributed by atoms with Gasteiger partial charge in [0.2, 0.25) is 0 Å². The molecule has 3 heterocycles. The largest absolute Gasteiger partial charge is 0.480 e. The molecule has 0 saturated carbocycles. The van der Waals surface area contributed by atoms with E-state index >= 15 is 0 Å². The summed E-state index contributed by atoms with van der Waals surface area (Å²) < 4.78 is 10.4. The molecule has 2 saturated heterocycles. The summed E-state index contributed by atoms with van der Waals surface area (Å²) in [7, 11) is 0. The molecule has 2 aliphatic heterocycles. The first kappa shape index (κ1) is 19.4. The van der Waals surface area contributed by atoms with Gasteiger partial charge in [0.1, 0.15) is 5.60 Å². The number of hydrogen-bond donors (Lipinski definition) is 2. The molecule has 0 radical (unpaired) electrons. The van der Waals surface area contributed by atoms with Crippen LogP contribution in [-0.4, -0.2) is 60.1 Å². The lowest BCUT2D eigenvalue weighted by molar-refractivity contribution is -0.163. The number of piperidine rings is 1. The molecular formula is C19H27N3O5. The third-order valence-electron chi connectivity index (χ3n) is 4.85. The smallest absolute Gasteiger partial charge is 0.407 e. The second-order valence-electron chi connectivity index (χ2n) is 8.21. The van der Waals surface area contributed by atoms with Crippen LogP contribution in [-0.2, 0) is 19.7 Å². The van der Waals surface area contributed by atoms with Crippen molar-refractivity contribution in [3.63, 3.8) is 0 Å². The summed E-state index contributed by atoms with van der Waals surface area (Å²) in [5.41, 5.74) is -0.120. The Morgan fingerprint density at radius 2 is 2.11 bits per heavy atom. The minimum atomic E-state index is -1.03. The van der Waals surface area contributed by atoms with E-state index < -0.39 is 23.1 Å². The van der Waals surface area contributed by atoms with E-state index in [1.807, 2.05) is 26.8 Å². The molecule has 2 N–H and O–H groups in total. The maximum atomic E-state index is 12.0. The number of rotatable bonds is 4. The molecule has 0 unspecified atom stereocenters. The van der Waals surface area contributed by atoms with Gasteiger partial charge in [-0.15, -0.1) is 0 Å². The molecule has 0 aromatic carbocycles. The molecule has 27 heavy (non-hydrogen) atoms. The lowest BCUT2D eigenvalue weighted by atomic mass is 9.82. The van der Waals surface area contributed by atoms with Gasteiger partial charge >= 0.3 is 12.1 Å². The van der Waals surface area contributed by atoms with Gasteiger partial charge in [-0.25, -0.2) is 4.79 Å². The predicted octanol–water partition coefficient (Wildman–Crippen LogP) is 1.93. The summed E-state index contributed by atoms with van der Waals surface area (Å²) in [4.78, 5) is 30.1. The molecule has 148 valence electrons. The van der Waals surface area contributed by atoms with Gasteiger partial charge in [-0.1, -0.05) is 0 Å². The first-order chi connectivity index (χ1) is 12.7. The molecule has 1 aromatic rings. The third-order valence-corrected chi connectivity index (χ3v) is 4.85. The van der Waals surface area contributed by atoms with Gasteiger partial charge in [-0.2, -0.15) is 0 Å². The summed E-state index contributed by atoms with van der Waals surface area (Å²) in [6, 6.07) is 3.65. The molecule has 1 amide bonds. The Labute approximate surface area is 158 Å². The molecule has 0 aliphatic carbocycles. The maximum absolute atomic E-state index is 12.0. The van der Waals surface area contributed by atoms with Crippen LogP contribution in [0.5, 0.6) is 0 Å². The van der Waals surface area contributed by atoms with E-state index in [4.69, 9.17) is 9.47 Å². The number of alkyl carbamates (subject to hydrolysis) is 1. The second kappa shape index (κ2) is 7.34. The van der Waals surface area contributed by atoms with Crippen LogP contribution in [0.25, 0.3) is 0 Å². The van der Waals surface area contributed by atoms with Gasteiger partial charge in [0.25, 0.3) is 0 Å². The van der Waals surface area contributed by atoms with Gasteiger partial charge in [0.05, 0.1) is 30.8 Å². The highest BCUT2D eigenvalue weighted by atomic mass is 16.6. The normalized spacial score (nSPS) is 21.9. The lowest BCUT2D eigenvalue weighted by Gasteiger charge is -2.37. The highest BCUT2D eigenvalue weighted by Gasteiger charge is 2.49. The number of aliphatic carboxylic acids is 1. The van der Waals surface area contributed by atoms with Crippen LogP contribution in [0.2, 0.25) is 0 Å². The zero-order valence-corrected chi connectivity index (χ0v) is 16.0. The first-order valence-electron chi connectivity index (χ1n) is 9.22. The average molecular weight is 377 g/mol. The number of carboxylic acid groups (broad SMARTS) is 1. The summed E-state index contributed by atoms with van der Waals surface area (Å²) in [5.74, 6) is -0.909. The Hall–Kier alpha value is -2.35. The number of nitrogens with zero attached hydrogens (tertiary/aromatic N) is 2. The van der Waals surface area contributed by atoms with Crippen LogP contribution >= 0.6 is 0 Å². The summed E-state index contributed by atoms with van der Waals surface area (Å²) >= 11 is 0. The van der Waals surface area contributed by atoms with Crippen LogP contribution < -0.4 is 10.2 Å². The molecular weight excluding hydrogens is 350 g/mol. The molecule has 2 fully saturated rings. The van der Waals surface area contributed by atoms with Crippen molar-refractivity contribution in [1.29, 1.82) is 0 Å². The second-order valence-corrected chi connectivity index (χ2v) is 8.21. The number of aromatic nitrogens is 1. The quantitative estimate of drug-likeness (QED) is 0.827. The van der Waals surface area contributed by atoms with E-state index in [1.54, 1.807) is 12.3 Å². The van der Waals surface area contributed by atoms with Crippen molar-refractivity contribution in [2.75, 3.05) is 31.2 Å². The van der Waals surface area contributed by atoms with Crippen molar-refractivity contribution < 1.29 is 24.2 Å². The number of anilines is 1. The van der Waals surface area contributed by atoms with Crippen LogP contribution in [0.1, 0.15) is 39.3 Å². The summed E-state index contributed by atoms with van der Waals surface area (Å²) in [6.07, 6.45) is 3.13. The van der Waals surface area contributed by atoms with Crippen LogP contribution in [0, 0.1) is 0 Å². The number of nitrogens with one attached hydrogen (secondary N) is 1. The van der Waals surface area contributed by atoms with E-state index in [0.717, 1.165) is 25.1 Å². The number of ether oxygens (including phenoxy) is 2. The van der Waals surface area contributed by atoms with Gasteiger partial charge in [0.15, 0.2) is 5.41 Å². The van der Waals surface area contributed by atoms with Gasteiger partial charge < -0.3 is 24.8 Å². The Balaban J connectivity index is 1.63. The first-order valence-corrected chi connectivity index (χ1v) is 9.22. The van der Waals surface area contributed by atoms with E-state index in [0.29, 0.717) is 12.2 Å². The van der Waals surface area contributed by atoms with E-state index in [9.17, 15) is 14.7 Å². The van der Waals surface area contributed by atoms with Crippen molar-refractivity contribution in [2.24, 2.45) is 0 Å². The predicted molar refractivity (Wildman–Crippen MR) is 99.0 cm³/mol. The fraction of sp³-hybridized carbons (Fsp3) is 0.632. The van der Waals surface area contributed by atoms with E-state index in [-0.39, 0.29) is 19.3 Å². The number of hydrogen-bond acceptors (Lipinski definition) is 6. The Morgan fingerprint density at radius 1 is 1.37 bits per heavy atom. The van der Waals surface area contributed by atoms with Crippen LogP contribution in [0.4, 0.5) is 10.5 Å². The van der Waals surface area contributed by atoms with Crippen molar-refractivity contribution in [2.45, 2.75) is 50.7 Å². The maximum Gasteiger partial charge on any atom is 0.407 e. The van der Waals surface area contributed by atoms with E-state index in [2.05, 4.69) is 15.2 Å². The Bertz CT molecular complexity index is 694. The van der Waals surface area contributed by atoms with Crippen molar-refractivity contribution in [3.8, 4) is 0 Å². The topological polar surface area (TPSA) is 101 Å². The van der Waals surface area contributed by atoms with Gasteiger partial charge in [0, 0.05) is 19.1 Å². The number of carboxylic acids is 1. The third kappa shape index (κ3) is 4.32. The average Bonchev–Trinajstić information content (AvgIpc) is 2.52. The summed E-state index contributed by atoms with van der Waals surface area (Å²) in [6.45, 7) is 7.34. The molecule has 2 aliphatic rings. The van der Waals surface area contributed by atoms with Crippen molar-refractivity contribution in [3.05, 3.63) is 24.0 Å². The number of pyridine rings is 1. The van der Waals surface area contributed by atoms with E-state index in [1.165, 1.54) is 0 Å². The lowest BCUT2D eigenvalue weighted by Crippen LogP contribution is -2.53. The fourth-order valence-corrected chi connectivity index (χ4v) is 3.35. The fourth-order valence-electron chi connectivity index (χ4n) is 3.35. The molecule has 0 spiro atoms. The minimum Gasteiger partial charge on any atom is -0.480 e. The number of carbonyl (C=O) groups is 2. The van der Waals surface area contributed by atoms with Crippen LogP contribution in [0.15, 0.2) is 18.3 Å². The minimum absolute atomic E-state index is 0.00123. The number of carbonyl (C=O) groups excluding carboxylic acids is 1. The zero-order chi connectivity index (χ0) is 19.7. The van der Waals surface area contributed by atoms with Crippen molar-refractivity contribution >= 4 is 17.7 Å². The standard InChI is InChI=1S/C19H27N3O5/c1-18(2,3)27-17(25)21-13-5-4-8-22(10-13)14-6-7-15(20-9-14)19(16(23)24)11-26-12-19/h6-7,9,13H,4-5,8,10-12H2,1-3H3,(H,21,25)(H,23,24)/t13-/m1/s1. The zero-order valence-electron chi connectivity index (χ0n) is 16.0. The van der Waals surface area contributed by atoms with Gasteiger partial charge in [-0.3, -0.25) is 9.78 Å². The highest BCUT2D eigenvalue weighted by Crippen LogP contribution is 2.32. The molecule has 0 bridgehead atoms. The van der Waals surface area contributed by atoms with Crippen LogP contribution in [0.3, 0.4) is 0 Å². The molecule has 8 heteroatoms. The Morgan fingerprint density at radius 3 is 2.63 bits per heavy atom. The van der Waals surface area contributed by atoms with Crippen molar-refractivity contribution in [1.82, 2.24) is 10.3 Å². The molecule has 8 nitrogen and oxygen atoms in total. The molecule has 1 atom stereocenters. The molecule has 3 rings (SSSR count). The Kier molecular flexibility index (Phi) is 5.28. The molecule has 1 aromatic heterocycles. The SMILES string of the molecule is CC(C)(C)OC(=O)N[C@@H]1CCCN(c2ccc(C3(C(=O)O)COC3)nc2)C1. The van der Waals surface area contributed by atoms with Gasteiger partial charge in [-0.05, 0) is 45.7 Å². The number of amides is 1. The highest BCUT2D eigenvalue weighted by molar-refractivity contribution is 5.82. The monoisotopic (exact) mass is 377 g/mol.